The summed E-state index contributed by atoms with van der Waals surface area (Å²) in [5, 5.41) is 3.24. The maximum absolute atomic E-state index is 5.57. The van der Waals surface area contributed by atoms with Crippen LogP contribution in [-0.2, 0) is 0 Å². The van der Waals surface area contributed by atoms with Crippen LogP contribution < -0.4 is 11.1 Å². The van der Waals surface area contributed by atoms with Crippen molar-refractivity contribution in [3.8, 4) is 0 Å². The predicted molar refractivity (Wildman–Crippen MR) is 70.8 cm³/mol. The van der Waals surface area contributed by atoms with Crippen molar-refractivity contribution in [1.82, 2.24) is 4.98 Å². The van der Waals surface area contributed by atoms with E-state index >= 15 is 0 Å². The number of rotatable bonds is 2. The van der Waals surface area contributed by atoms with Crippen LogP contribution in [0.4, 0.5) is 17.2 Å². The predicted octanol–water partition coefficient (Wildman–Crippen LogP) is 3.48. The lowest BCUT2D eigenvalue weighted by Gasteiger charge is -2.09. The largest absolute Gasteiger partial charge is 0.397 e. The van der Waals surface area contributed by atoms with Gasteiger partial charge in [0.05, 0.1) is 11.9 Å². The summed E-state index contributed by atoms with van der Waals surface area (Å²) < 4.78 is 1.07. The molecule has 0 spiro atoms. The molecule has 1 heterocycles. The monoisotopic (exact) mass is 277 g/mol. The van der Waals surface area contributed by atoms with Gasteiger partial charge in [0, 0.05) is 10.2 Å². The van der Waals surface area contributed by atoms with Gasteiger partial charge < -0.3 is 11.1 Å². The van der Waals surface area contributed by atoms with Gasteiger partial charge in [-0.3, -0.25) is 0 Å². The van der Waals surface area contributed by atoms with Crippen molar-refractivity contribution in [1.29, 1.82) is 0 Å². The third-order valence-corrected chi connectivity index (χ3v) is 2.73. The lowest BCUT2D eigenvalue weighted by Crippen LogP contribution is -1.96. The van der Waals surface area contributed by atoms with Crippen LogP contribution in [0.5, 0.6) is 0 Å². The summed E-state index contributed by atoms with van der Waals surface area (Å²) in [7, 11) is 0. The first-order chi connectivity index (χ1) is 7.65. The third-order valence-electron chi connectivity index (χ3n) is 2.24. The Balaban J connectivity index is 2.23. The molecular formula is C12H12BrN3. The topological polar surface area (TPSA) is 50.9 Å². The summed E-state index contributed by atoms with van der Waals surface area (Å²) in [6.45, 7) is 2.05. The first-order valence-electron chi connectivity index (χ1n) is 4.90. The van der Waals surface area contributed by atoms with Crippen LogP contribution >= 0.6 is 15.9 Å². The van der Waals surface area contributed by atoms with E-state index in [1.807, 2.05) is 31.2 Å². The number of hydrogen-bond donors (Lipinski definition) is 2. The van der Waals surface area contributed by atoms with Crippen molar-refractivity contribution in [2.75, 3.05) is 11.1 Å². The Morgan fingerprint density at radius 2 is 2.06 bits per heavy atom. The van der Waals surface area contributed by atoms with Crippen molar-refractivity contribution < 1.29 is 0 Å². The highest BCUT2D eigenvalue weighted by molar-refractivity contribution is 9.10. The molecule has 0 fully saturated rings. The molecule has 16 heavy (non-hydrogen) atoms. The fourth-order valence-electron chi connectivity index (χ4n) is 1.38. The molecule has 0 bridgehead atoms. The van der Waals surface area contributed by atoms with Crippen LogP contribution in [0.2, 0.25) is 0 Å². The van der Waals surface area contributed by atoms with E-state index in [4.69, 9.17) is 5.73 Å². The molecule has 0 aliphatic rings. The van der Waals surface area contributed by atoms with Crippen LogP contribution in [0, 0.1) is 6.92 Å². The minimum Gasteiger partial charge on any atom is -0.397 e. The Bertz CT molecular complexity index is 494. The maximum atomic E-state index is 5.57. The SMILES string of the molecule is Cc1cc(Br)ccc1Nc1ccc(N)cn1. The summed E-state index contributed by atoms with van der Waals surface area (Å²) in [5.74, 6) is 0.791. The van der Waals surface area contributed by atoms with Gasteiger partial charge in [0.25, 0.3) is 0 Å². The van der Waals surface area contributed by atoms with E-state index in [2.05, 4.69) is 32.3 Å². The van der Waals surface area contributed by atoms with E-state index in [1.54, 1.807) is 6.20 Å². The van der Waals surface area contributed by atoms with Crippen molar-refractivity contribution >= 4 is 33.1 Å². The molecule has 0 saturated heterocycles. The Labute approximate surface area is 103 Å². The van der Waals surface area contributed by atoms with Gasteiger partial charge in [-0.2, -0.15) is 0 Å². The smallest absolute Gasteiger partial charge is 0.130 e. The highest BCUT2D eigenvalue weighted by Crippen LogP contribution is 2.22. The zero-order chi connectivity index (χ0) is 11.5. The molecule has 1 aromatic heterocycles. The summed E-state index contributed by atoms with van der Waals surface area (Å²) >= 11 is 3.43. The molecule has 4 heteroatoms. The van der Waals surface area contributed by atoms with Crippen LogP contribution in [-0.4, -0.2) is 4.98 Å². The van der Waals surface area contributed by atoms with Gasteiger partial charge in [-0.05, 0) is 42.8 Å². The van der Waals surface area contributed by atoms with Crippen molar-refractivity contribution in [3.05, 3.63) is 46.6 Å². The molecule has 0 aliphatic heterocycles. The summed E-state index contributed by atoms with van der Waals surface area (Å²) in [6, 6.07) is 9.74. The molecule has 82 valence electrons. The molecule has 1 aromatic carbocycles. The van der Waals surface area contributed by atoms with E-state index in [0.717, 1.165) is 21.5 Å². The van der Waals surface area contributed by atoms with Crippen molar-refractivity contribution in [3.63, 3.8) is 0 Å². The molecule has 2 rings (SSSR count). The number of aromatic nitrogens is 1. The number of anilines is 3. The number of halogens is 1. The summed E-state index contributed by atoms with van der Waals surface area (Å²) in [6.07, 6.45) is 1.64. The number of benzene rings is 1. The van der Waals surface area contributed by atoms with Gasteiger partial charge in [0.2, 0.25) is 0 Å². The normalized spacial score (nSPS) is 10.1. The fraction of sp³-hybridized carbons (Fsp3) is 0.0833. The van der Waals surface area contributed by atoms with E-state index in [0.29, 0.717) is 5.69 Å². The second-order valence-corrected chi connectivity index (χ2v) is 4.48. The average Bonchev–Trinajstić information content (AvgIpc) is 2.25. The van der Waals surface area contributed by atoms with Crippen molar-refractivity contribution in [2.24, 2.45) is 0 Å². The lowest BCUT2D eigenvalue weighted by molar-refractivity contribution is 1.30. The highest BCUT2D eigenvalue weighted by atomic mass is 79.9. The fourth-order valence-corrected chi connectivity index (χ4v) is 1.86. The Kier molecular flexibility index (Phi) is 3.10. The van der Waals surface area contributed by atoms with Crippen LogP contribution in [0.15, 0.2) is 41.0 Å². The zero-order valence-corrected chi connectivity index (χ0v) is 10.5. The van der Waals surface area contributed by atoms with Gasteiger partial charge in [-0.25, -0.2) is 4.98 Å². The number of nitrogens with zero attached hydrogens (tertiary/aromatic N) is 1. The van der Waals surface area contributed by atoms with Gasteiger partial charge in [-0.1, -0.05) is 15.9 Å². The molecule has 0 aliphatic carbocycles. The Morgan fingerprint density at radius 3 is 2.69 bits per heavy atom. The molecule has 0 atom stereocenters. The number of aryl methyl sites for hydroxylation is 1. The molecule has 0 saturated carbocycles. The molecule has 0 unspecified atom stereocenters. The van der Waals surface area contributed by atoms with Crippen LogP contribution in [0.25, 0.3) is 0 Å². The molecular weight excluding hydrogens is 266 g/mol. The third kappa shape index (κ3) is 2.52. The highest BCUT2D eigenvalue weighted by Gasteiger charge is 2.00. The molecule has 3 nitrogen and oxygen atoms in total. The van der Waals surface area contributed by atoms with E-state index < -0.39 is 0 Å². The van der Waals surface area contributed by atoms with Gasteiger partial charge in [0.1, 0.15) is 5.82 Å². The zero-order valence-electron chi connectivity index (χ0n) is 8.87. The lowest BCUT2D eigenvalue weighted by atomic mass is 10.2. The second kappa shape index (κ2) is 4.53. The van der Waals surface area contributed by atoms with Crippen LogP contribution in [0.1, 0.15) is 5.56 Å². The van der Waals surface area contributed by atoms with Crippen molar-refractivity contribution in [2.45, 2.75) is 6.92 Å². The molecule has 0 amide bonds. The first kappa shape index (κ1) is 11.0. The number of nitrogens with one attached hydrogen (secondary N) is 1. The number of pyridine rings is 1. The average molecular weight is 278 g/mol. The van der Waals surface area contributed by atoms with Gasteiger partial charge in [0.15, 0.2) is 0 Å². The second-order valence-electron chi connectivity index (χ2n) is 3.56. The first-order valence-corrected chi connectivity index (χ1v) is 5.69. The standard InChI is InChI=1S/C12H12BrN3/c1-8-6-9(13)2-4-11(8)16-12-5-3-10(14)7-15-12/h2-7H,14H2,1H3,(H,15,16). The molecule has 0 radical (unpaired) electrons. The number of hydrogen-bond acceptors (Lipinski definition) is 3. The van der Waals surface area contributed by atoms with Crippen LogP contribution in [0.3, 0.4) is 0 Å². The van der Waals surface area contributed by atoms with E-state index in [9.17, 15) is 0 Å². The molecule has 2 aromatic rings. The van der Waals surface area contributed by atoms with E-state index in [-0.39, 0.29) is 0 Å². The number of nitrogens with two attached hydrogens (primary N) is 1. The Hall–Kier alpha value is -1.55. The van der Waals surface area contributed by atoms with E-state index in [1.165, 1.54) is 0 Å². The molecule has 3 N–H and O–H groups in total. The quantitative estimate of drug-likeness (QED) is 0.884. The number of nitrogen functional groups attached to an aromatic ring is 1. The van der Waals surface area contributed by atoms with Gasteiger partial charge in [-0.15, -0.1) is 0 Å². The van der Waals surface area contributed by atoms with Gasteiger partial charge >= 0.3 is 0 Å². The summed E-state index contributed by atoms with van der Waals surface area (Å²) in [5.41, 5.74) is 8.44. The maximum Gasteiger partial charge on any atom is 0.130 e. The minimum atomic E-state index is 0.665. The summed E-state index contributed by atoms with van der Waals surface area (Å²) in [4.78, 5) is 4.19. The Morgan fingerprint density at radius 1 is 1.25 bits per heavy atom. The minimum absolute atomic E-state index is 0.665.